The molecule has 0 heterocycles. The lowest BCUT2D eigenvalue weighted by molar-refractivity contribution is -0.890. The van der Waals surface area contributed by atoms with Crippen LogP contribution in [0.3, 0.4) is 0 Å². The van der Waals surface area contributed by atoms with Gasteiger partial charge in [0, 0.05) is 31.6 Å². The first-order valence-corrected chi connectivity index (χ1v) is 18.1. The first-order valence-electron chi connectivity index (χ1n) is 16.5. The molecule has 4 rings (SSSR count). The van der Waals surface area contributed by atoms with Crippen molar-refractivity contribution in [3.05, 3.63) is 0 Å². The summed E-state index contributed by atoms with van der Waals surface area (Å²) in [5.41, 5.74) is -0.191. The fraction of sp³-hybridized carbons (Fsp3) is 0.969. The Morgan fingerprint density at radius 2 is 1.71 bits per heavy atom. The van der Waals surface area contributed by atoms with Gasteiger partial charge in [0.2, 0.25) is 5.91 Å². The van der Waals surface area contributed by atoms with Crippen molar-refractivity contribution in [1.29, 1.82) is 0 Å². The number of aliphatic hydroxyl groups is 3. The molecule has 0 radical (unpaired) electrons. The van der Waals surface area contributed by atoms with Crippen molar-refractivity contribution in [3.63, 3.8) is 0 Å². The van der Waals surface area contributed by atoms with Crippen LogP contribution in [-0.2, 0) is 14.9 Å². The van der Waals surface area contributed by atoms with Crippen LogP contribution in [0.4, 0.5) is 0 Å². The Hall–Kier alpha value is -0.780. The number of nitrogens with zero attached hydrogens (tertiary/aromatic N) is 1. The van der Waals surface area contributed by atoms with Gasteiger partial charge in [0.15, 0.2) is 0 Å². The van der Waals surface area contributed by atoms with E-state index in [0.29, 0.717) is 48.2 Å². The Labute approximate surface area is 254 Å². The van der Waals surface area contributed by atoms with E-state index >= 15 is 0 Å². The van der Waals surface area contributed by atoms with Gasteiger partial charge in [-0.15, -0.1) is 0 Å². The molecule has 0 saturated heterocycles. The molecule has 0 spiro atoms. The molecule has 9 nitrogen and oxygen atoms in total. The quantitative estimate of drug-likeness (QED) is 0.150. The largest absolute Gasteiger partial charge is 0.748 e. The van der Waals surface area contributed by atoms with Gasteiger partial charge in [0.05, 0.1) is 55.6 Å². The third kappa shape index (κ3) is 7.20. The number of nitrogens with one attached hydrogen (secondary N) is 1. The first-order chi connectivity index (χ1) is 19.5. The molecule has 0 aliphatic heterocycles. The Morgan fingerprint density at radius 1 is 1.02 bits per heavy atom. The average molecular weight is 615 g/mol. The maximum Gasteiger partial charge on any atom is 0.220 e. The highest BCUT2D eigenvalue weighted by atomic mass is 32.2. The summed E-state index contributed by atoms with van der Waals surface area (Å²) in [7, 11) is -0.177. The number of fused-ring (bicyclic) bond motifs is 5. The number of hydrogen-bond donors (Lipinski definition) is 4. The number of carbonyl (C=O) groups excluding carboxylic acids is 1. The molecular weight excluding hydrogens is 556 g/mol. The highest BCUT2D eigenvalue weighted by molar-refractivity contribution is 7.85. The Kier molecular flexibility index (Phi) is 10.5. The highest BCUT2D eigenvalue weighted by Gasteiger charge is 2.65. The highest BCUT2D eigenvalue weighted by Crippen LogP contribution is 2.68. The second-order valence-electron chi connectivity index (χ2n) is 15.7. The topological polar surface area (TPSA) is 147 Å². The molecule has 0 aromatic heterocycles. The van der Waals surface area contributed by atoms with E-state index in [1.807, 2.05) is 14.1 Å². The third-order valence-corrected chi connectivity index (χ3v) is 13.6. The Bertz CT molecular complexity index is 1050. The van der Waals surface area contributed by atoms with Crippen molar-refractivity contribution >= 4 is 16.0 Å². The van der Waals surface area contributed by atoms with Gasteiger partial charge in [-0.05, 0) is 97.7 Å². The zero-order valence-electron chi connectivity index (χ0n) is 26.6. The van der Waals surface area contributed by atoms with Gasteiger partial charge < -0.3 is 29.7 Å². The summed E-state index contributed by atoms with van der Waals surface area (Å²) in [4.78, 5) is 12.7. The van der Waals surface area contributed by atoms with E-state index in [1.165, 1.54) is 0 Å². The minimum atomic E-state index is -4.18. The third-order valence-electron chi connectivity index (χ3n) is 12.8. The van der Waals surface area contributed by atoms with Crippen molar-refractivity contribution in [2.75, 3.05) is 39.5 Å². The normalized spacial score (nSPS) is 41.0. The van der Waals surface area contributed by atoms with Crippen LogP contribution in [0.5, 0.6) is 0 Å². The van der Waals surface area contributed by atoms with Crippen LogP contribution in [0.15, 0.2) is 0 Å². The Balaban J connectivity index is 1.27. The molecule has 4 saturated carbocycles. The molecule has 42 heavy (non-hydrogen) atoms. The Morgan fingerprint density at radius 3 is 2.40 bits per heavy atom. The molecule has 0 aromatic rings. The molecule has 1 unspecified atom stereocenters. The SMILES string of the molecule is CC(CCC(=O)NCCC[N+](C)(C)CCCS(=O)(=O)[O-])[C@H]1CC[C@H]2[C@@H]3[C@H](O)C[C@@H]4C[C@H](O)CC[C@]4(C)[C@H]3C[C@H](O)[C@]12C. The fourth-order valence-corrected chi connectivity index (χ4v) is 10.8. The lowest BCUT2D eigenvalue weighted by Crippen LogP contribution is -2.62. The van der Waals surface area contributed by atoms with E-state index < -0.39 is 16.2 Å². The molecule has 11 atom stereocenters. The van der Waals surface area contributed by atoms with E-state index in [0.717, 1.165) is 64.3 Å². The van der Waals surface area contributed by atoms with Crippen LogP contribution < -0.4 is 5.32 Å². The van der Waals surface area contributed by atoms with Crippen LogP contribution in [-0.4, -0.2) is 96.5 Å². The number of rotatable bonds is 12. The lowest BCUT2D eigenvalue weighted by atomic mass is 9.43. The lowest BCUT2D eigenvalue weighted by Gasteiger charge is -2.63. The standard InChI is InChI=1S/C32H58N2O7S/c1-21(8-11-29(38)33-14-6-15-34(4,5)16-7-17-42(39,40)41)24-9-10-25-30-26(20-28(37)32(24,25)3)31(2)13-12-23(35)18-22(31)19-27(30)36/h21-28,30,35-37H,6-20H2,1-5H3,(H-,33,38,39,40,41)/t21?,22-,23+,24+,25-,26-,27+,28-,30-,31-,32+/m0/s1. The van der Waals surface area contributed by atoms with Crippen LogP contribution in [0.1, 0.15) is 91.4 Å². The van der Waals surface area contributed by atoms with Crippen LogP contribution in [0, 0.1) is 46.3 Å². The van der Waals surface area contributed by atoms with Crippen molar-refractivity contribution in [1.82, 2.24) is 5.32 Å². The van der Waals surface area contributed by atoms with Gasteiger partial charge in [-0.2, -0.15) is 0 Å². The minimum Gasteiger partial charge on any atom is -0.748 e. The molecular formula is C32H58N2O7S. The number of aliphatic hydroxyl groups excluding tert-OH is 3. The van der Waals surface area contributed by atoms with Crippen LogP contribution in [0.25, 0.3) is 0 Å². The van der Waals surface area contributed by atoms with Crippen molar-refractivity contribution < 1.29 is 37.6 Å². The van der Waals surface area contributed by atoms with E-state index in [2.05, 4.69) is 26.1 Å². The van der Waals surface area contributed by atoms with Gasteiger partial charge in [0.25, 0.3) is 0 Å². The second-order valence-corrected chi connectivity index (χ2v) is 17.3. The van der Waals surface area contributed by atoms with Gasteiger partial charge in [-0.3, -0.25) is 4.79 Å². The number of amides is 1. The second kappa shape index (κ2) is 12.9. The first kappa shape index (κ1) is 34.1. The van der Waals surface area contributed by atoms with E-state index in [-0.39, 0.29) is 52.5 Å². The summed E-state index contributed by atoms with van der Waals surface area (Å²) in [6.45, 7) is 8.78. The van der Waals surface area contributed by atoms with Crippen molar-refractivity contribution in [3.8, 4) is 0 Å². The maximum absolute atomic E-state index is 12.7. The predicted molar refractivity (Wildman–Crippen MR) is 161 cm³/mol. The van der Waals surface area contributed by atoms with Gasteiger partial charge in [-0.1, -0.05) is 20.8 Å². The maximum atomic E-state index is 12.7. The molecule has 4 aliphatic carbocycles. The molecule has 0 aromatic carbocycles. The van der Waals surface area contributed by atoms with E-state index in [9.17, 15) is 33.1 Å². The number of quaternary nitrogens is 1. The zero-order valence-corrected chi connectivity index (χ0v) is 27.4. The van der Waals surface area contributed by atoms with Crippen molar-refractivity contribution in [2.45, 2.75) is 110 Å². The minimum absolute atomic E-state index is 0.0368. The molecule has 244 valence electrons. The summed E-state index contributed by atoms with van der Waals surface area (Å²) < 4.78 is 33.1. The summed E-state index contributed by atoms with van der Waals surface area (Å²) >= 11 is 0. The fourth-order valence-electron chi connectivity index (χ4n) is 10.3. The van der Waals surface area contributed by atoms with Gasteiger partial charge in [0.1, 0.15) is 0 Å². The smallest absolute Gasteiger partial charge is 0.220 e. The molecule has 10 heteroatoms. The number of hydrogen-bond acceptors (Lipinski definition) is 7. The molecule has 4 fully saturated rings. The van der Waals surface area contributed by atoms with E-state index in [1.54, 1.807) is 0 Å². The van der Waals surface area contributed by atoms with Gasteiger partial charge >= 0.3 is 0 Å². The summed E-state index contributed by atoms with van der Waals surface area (Å²) in [6, 6.07) is 0. The van der Waals surface area contributed by atoms with E-state index in [4.69, 9.17) is 0 Å². The van der Waals surface area contributed by atoms with Crippen LogP contribution in [0.2, 0.25) is 0 Å². The van der Waals surface area contributed by atoms with Crippen LogP contribution >= 0.6 is 0 Å². The molecule has 4 aliphatic rings. The van der Waals surface area contributed by atoms with Gasteiger partial charge in [-0.25, -0.2) is 8.42 Å². The molecule has 1 amide bonds. The predicted octanol–water partition coefficient (Wildman–Crippen LogP) is 2.88. The average Bonchev–Trinajstić information content (AvgIpc) is 3.24. The molecule has 0 bridgehead atoms. The summed E-state index contributed by atoms with van der Waals surface area (Å²) in [5, 5.41) is 36.6. The zero-order chi connectivity index (χ0) is 31.1. The monoisotopic (exact) mass is 614 g/mol. The summed E-state index contributed by atoms with van der Waals surface area (Å²) in [5.74, 6) is 1.38. The van der Waals surface area contributed by atoms with Crippen molar-refractivity contribution in [2.24, 2.45) is 46.3 Å². The molecule has 4 N–H and O–H groups in total. The number of carbonyl (C=O) groups is 1. The summed E-state index contributed by atoms with van der Waals surface area (Å²) in [6.07, 6.45) is 7.35.